The van der Waals surface area contributed by atoms with Crippen LogP contribution >= 0.6 is 23.2 Å². The van der Waals surface area contributed by atoms with Crippen LogP contribution in [0.2, 0.25) is 10.0 Å². The molecular formula is C20H22Cl2N2O3S. The van der Waals surface area contributed by atoms with Gasteiger partial charge >= 0.3 is 0 Å². The summed E-state index contributed by atoms with van der Waals surface area (Å²) in [7, 11) is -3.28. The standard InChI is InChI=1S/C20H22Cl2N2O3S/c1-2-28(26,27)24-12-10-20(11-13-24,15-6-4-3-5-7-15)19(25)23-16-8-9-17(21)18(22)14-16/h3-9,14H,2,10-13H2,1H3,(H,23,25). The summed E-state index contributed by atoms with van der Waals surface area (Å²) >= 11 is 12.0. The molecule has 8 heteroatoms. The van der Waals surface area contributed by atoms with E-state index in [-0.39, 0.29) is 11.7 Å². The molecule has 3 rings (SSSR count). The molecule has 0 spiro atoms. The summed E-state index contributed by atoms with van der Waals surface area (Å²) in [6, 6.07) is 14.4. The van der Waals surface area contributed by atoms with Crippen molar-refractivity contribution in [3.05, 3.63) is 64.1 Å². The molecule has 2 aromatic rings. The van der Waals surface area contributed by atoms with Crippen LogP contribution in [0.1, 0.15) is 25.3 Å². The first-order valence-electron chi connectivity index (χ1n) is 9.08. The average molecular weight is 441 g/mol. The van der Waals surface area contributed by atoms with Gasteiger partial charge in [0.1, 0.15) is 0 Å². The molecule has 1 amide bonds. The zero-order chi connectivity index (χ0) is 20.4. The van der Waals surface area contributed by atoms with E-state index in [2.05, 4.69) is 5.32 Å². The molecule has 0 unspecified atom stereocenters. The van der Waals surface area contributed by atoms with Crippen molar-refractivity contribution >= 4 is 44.8 Å². The van der Waals surface area contributed by atoms with Gasteiger partial charge in [0, 0.05) is 18.8 Å². The van der Waals surface area contributed by atoms with Gasteiger partial charge in [0.05, 0.1) is 21.2 Å². The van der Waals surface area contributed by atoms with Crippen LogP contribution in [0, 0.1) is 0 Å². The maximum absolute atomic E-state index is 13.4. The number of carbonyl (C=O) groups excluding carboxylic acids is 1. The molecule has 5 nitrogen and oxygen atoms in total. The van der Waals surface area contributed by atoms with Crippen LogP contribution in [-0.2, 0) is 20.2 Å². The molecule has 1 heterocycles. The summed E-state index contributed by atoms with van der Waals surface area (Å²) in [5, 5.41) is 3.71. The molecule has 1 aliphatic rings. The SMILES string of the molecule is CCS(=O)(=O)N1CCC(C(=O)Nc2ccc(Cl)c(Cl)c2)(c2ccccc2)CC1. The van der Waals surface area contributed by atoms with Crippen LogP contribution in [0.5, 0.6) is 0 Å². The van der Waals surface area contributed by atoms with E-state index in [4.69, 9.17) is 23.2 Å². The number of hydrogen-bond acceptors (Lipinski definition) is 3. The lowest BCUT2D eigenvalue weighted by molar-refractivity contribution is -0.123. The Bertz CT molecular complexity index is 957. The first-order valence-corrected chi connectivity index (χ1v) is 11.4. The van der Waals surface area contributed by atoms with E-state index in [0.717, 1.165) is 5.56 Å². The Morgan fingerprint density at radius 1 is 1.07 bits per heavy atom. The Labute approximate surface area is 175 Å². The lowest BCUT2D eigenvalue weighted by Gasteiger charge is -2.40. The van der Waals surface area contributed by atoms with E-state index in [9.17, 15) is 13.2 Å². The molecule has 28 heavy (non-hydrogen) atoms. The van der Waals surface area contributed by atoms with E-state index in [1.165, 1.54) is 4.31 Å². The Morgan fingerprint density at radius 3 is 2.29 bits per heavy atom. The quantitative estimate of drug-likeness (QED) is 0.752. The van der Waals surface area contributed by atoms with Gasteiger partial charge < -0.3 is 5.32 Å². The molecule has 0 atom stereocenters. The number of amides is 1. The average Bonchev–Trinajstić information content (AvgIpc) is 2.71. The third-order valence-electron chi connectivity index (χ3n) is 5.27. The normalized spacial score (nSPS) is 17.2. The van der Waals surface area contributed by atoms with Gasteiger partial charge in [-0.25, -0.2) is 12.7 Å². The third kappa shape index (κ3) is 4.20. The van der Waals surface area contributed by atoms with Crippen molar-refractivity contribution in [3.63, 3.8) is 0 Å². The van der Waals surface area contributed by atoms with Crippen LogP contribution in [0.25, 0.3) is 0 Å². The van der Waals surface area contributed by atoms with E-state index in [0.29, 0.717) is 41.7 Å². The fourth-order valence-electron chi connectivity index (χ4n) is 3.56. The van der Waals surface area contributed by atoms with E-state index in [1.807, 2.05) is 30.3 Å². The molecule has 0 radical (unpaired) electrons. The Kier molecular flexibility index (Phi) is 6.34. The fraction of sp³-hybridized carbons (Fsp3) is 0.350. The van der Waals surface area contributed by atoms with Gasteiger partial charge in [-0.1, -0.05) is 53.5 Å². The Morgan fingerprint density at radius 2 is 1.71 bits per heavy atom. The molecule has 0 aromatic heterocycles. The number of hydrogen-bond donors (Lipinski definition) is 1. The minimum absolute atomic E-state index is 0.0564. The predicted molar refractivity (Wildman–Crippen MR) is 113 cm³/mol. The number of nitrogens with zero attached hydrogens (tertiary/aromatic N) is 1. The van der Waals surface area contributed by atoms with Crippen LogP contribution in [0.4, 0.5) is 5.69 Å². The van der Waals surface area contributed by atoms with Crippen LogP contribution in [-0.4, -0.2) is 37.5 Å². The van der Waals surface area contributed by atoms with Crippen molar-refractivity contribution in [3.8, 4) is 0 Å². The Hall–Kier alpha value is -1.60. The van der Waals surface area contributed by atoms with Crippen molar-refractivity contribution in [1.82, 2.24) is 4.31 Å². The van der Waals surface area contributed by atoms with Gasteiger partial charge in [-0.15, -0.1) is 0 Å². The van der Waals surface area contributed by atoms with Crippen molar-refractivity contribution in [2.24, 2.45) is 0 Å². The minimum Gasteiger partial charge on any atom is -0.325 e. The van der Waals surface area contributed by atoms with Crippen molar-refractivity contribution in [2.45, 2.75) is 25.2 Å². The smallest absolute Gasteiger partial charge is 0.235 e. The van der Waals surface area contributed by atoms with Crippen molar-refractivity contribution < 1.29 is 13.2 Å². The number of halogens is 2. The second-order valence-electron chi connectivity index (χ2n) is 6.83. The summed E-state index contributed by atoms with van der Waals surface area (Å²) in [5.74, 6) is -0.119. The molecule has 0 saturated carbocycles. The number of benzene rings is 2. The van der Waals surface area contributed by atoms with Gasteiger partial charge in [0.15, 0.2) is 0 Å². The zero-order valence-electron chi connectivity index (χ0n) is 15.5. The van der Waals surface area contributed by atoms with E-state index < -0.39 is 15.4 Å². The fourth-order valence-corrected chi connectivity index (χ4v) is 4.96. The minimum atomic E-state index is -3.28. The summed E-state index contributed by atoms with van der Waals surface area (Å²) in [5.41, 5.74) is 0.618. The highest BCUT2D eigenvalue weighted by Gasteiger charge is 2.44. The van der Waals surface area contributed by atoms with E-state index >= 15 is 0 Å². The number of anilines is 1. The summed E-state index contributed by atoms with van der Waals surface area (Å²) in [4.78, 5) is 13.4. The van der Waals surface area contributed by atoms with Gasteiger partial charge in [-0.05, 0) is 43.5 Å². The molecule has 1 N–H and O–H groups in total. The Balaban J connectivity index is 1.90. The van der Waals surface area contributed by atoms with Gasteiger partial charge in [-0.3, -0.25) is 4.79 Å². The van der Waals surface area contributed by atoms with Gasteiger partial charge in [0.2, 0.25) is 15.9 Å². The molecule has 2 aromatic carbocycles. The monoisotopic (exact) mass is 440 g/mol. The molecule has 0 aliphatic carbocycles. The lowest BCUT2D eigenvalue weighted by atomic mass is 9.72. The molecule has 1 fully saturated rings. The maximum Gasteiger partial charge on any atom is 0.235 e. The molecule has 150 valence electrons. The predicted octanol–water partition coefficient (Wildman–Crippen LogP) is 4.32. The summed E-state index contributed by atoms with van der Waals surface area (Å²) in [6.45, 7) is 2.24. The van der Waals surface area contributed by atoms with Crippen LogP contribution in [0.3, 0.4) is 0 Å². The number of sulfonamides is 1. The first-order chi connectivity index (χ1) is 13.3. The second kappa shape index (κ2) is 8.41. The van der Waals surface area contributed by atoms with Gasteiger partial charge in [-0.2, -0.15) is 0 Å². The summed E-state index contributed by atoms with van der Waals surface area (Å²) < 4.78 is 25.9. The molecule has 1 aliphatic heterocycles. The topological polar surface area (TPSA) is 66.5 Å². The van der Waals surface area contributed by atoms with Crippen molar-refractivity contribution in [2.75, 3.05) is 24.2 Å². The number of piperidine rings is 1. The van der Waals surface area contributed by atoms with E-state index in [1.54, 1.807) is 25.1 Å². The number of nitrogens with one attached hydrogen (secondary N) is 1. The maximum atomic E-state index is 13.4. The highest BCUT2D eigenvalue weighted by Crippen LogP contribution is 2.38. The highest BCUT2D eigenvalue weighted by atomic mass is 35.5. The van der Waals surface area contributed by atoms with Crippen LogP contribution < -0.4 is 5.32 Å². The molecular weight excluding hydrogens is 419 g/mol. The largest absolute Gasteiger partial charge is 0.325 e. The van der Waals surface area contributed by atoms with Crippen molar-refractivity contribution in [1.29, 1.82) is 0 Å². The second-order valence-corrected chi connectivity index (χ2v) is 9.90. The van der Waals surface area contributed by atoms with Crippen LogP contribution in [0.15, 0.2) is 48.5 Å². The third-order valence-corrected chi connectivity index (χ3v) is 7.89. The zero-order valence-corrected chi connectivity index (χ0v) is 17.8. The van der Waals surface area contributed by atoms with Gasteiger partial charge in [0.25, 0.3) is 0 Å². The number of carbonyl (C=O) groups is 1. The lowest BCUT2D eigenvalue weighted by Crippen LogP contribution is -2.51. The summed E-state index contributed by atoms with van der Waals surface area (Å²) in [6.07, 6.45) is 0.812. The highest BCUT2D eigenvalue weighted by molar-refractivity contribution is 7.89. The molecule has 0 bridgehead atoms. The number of rotatable bonds is 5. The molecule has 1 saturated heterocycles. The first kappa shape index (κ1) is 21.1.